The standard InChI is InChI=1S/C18H38P2.2CH3.Ti/c1-12(2)18(13(3)4)10-16(19-14(5)6)9-17(11-18)20-15(7)8;;;/h12-17,19-20H,9-11H2,1-8H3;2*1H3;. The van der Waals surface area contributed by atoms with E-state index in [0.717, 1.165) is 34.5 Å². The average molecular weight is 394 g/mol. The summed E-state index contributed by atoms with van der Waals surface area (Å²) in [5.74, 6) is 1.67. The maximum absolute atomic E-state index is 2.48. The van der Waals surface area contributed by atoms with Gasteiger partial charge in [0.15, 0.2) is 0 Å². The van der Waals surface area contributed by atoms with E-state index in [1.54, 1.807) is 0 Å². The Morgan fingerprint density at radius 2 is 1.04 bits per heavy atom. The van der Waals surface area contributed by atoms with Crippen LogP contribution >= 0.6 is 17.2 Å². The Labute approximate surface area is 161 Å². The normalized spacial score (nSPS) is 25.1. The number of rotatable bonds is 6. The molecule has 1 saturated carbocycles. The molecule has 23 heavy (non-hydrogen) atoms. The molecule has 0 aromatic heterocycles. The molecule has 4 atom stereocenters. The van der Waals surface area contributed by atoms with Crippen molar-refractivity contribution < 1.29 is 19.2 Å². The third-order valence-corrected chi connectivity index (χ3v) is 8.42. The van der Waals surface area contributed by atoms with E-state index in [1.807, 2.05) is 0 Å². The van der Waals surface area contributed by atoms with Crippen molar-refractivity contribution in [2.24, 2.45) is 17.3 Å². The minimum absolute atomic E-state index is 0.500. The molecular formula is C20H44P2Ti. The SMILES string of the molecule is CC(C)PC1CC(PC(C)C)CC(C(C)C)(C(C)C)C1.[CH3][Ti][CH3]. The van der Waals surface area contributed by atoms with Crippen molar-refractivity contribution in [2.75, 3.05) is 0 Å². The number of hydrogen-bond acceptors (Lipinski definition) is 0. The molecule has 3 heteroatoms. The fourth-order valence-corrected chi connectivity index (χ4v) is 8.28. The zero-order chi connectivity index (χ0) is 18.2. The third-order valence-electron chi connectivity index (χ3n) is 5.26. The topological polar surface area (TPSA) is 0 Å². The summed E-state index contributed by atoms with van der Waals surface area (Å²) in [5, 5.41) is 4.50. The van der Waals surface area contributed by atoms with Crippen LogP contribution in [0.3, 0.4) is 0 Å². The first-order valence-electron chi connectivity index (χ1n) is 9.69. The van der Waals surface area contributed by atoms with Crippen LogP contribution in [0.2, 0.25) is 10.5 Å². The molecule has 0 spiro atoms. The molecule has 0 aliphatic heterocycles. The van der Waals surface area contributed by atoms with E-state index in [2.05, 4.69) is 65.8 Å². The first-order chi connectivity index (χ1) is 10.6. The summed E-state index contributed by atoms with van der Waals surface area (Å²) in [4.78, 5) is 0. The summed E-state index contributed by atoms with van der Waals surface area (Å²) in [5.41, 5.74) is 4.39. The van der Waals surface area contributed by atoms with Gasteiger partial charge >= 0.3 is 29.6 Å². The summed E-state index contributed by atoms with van der Waals surface area (Å²) in [6, 6.07) is 0. The van der Waals surface area contributed by atoms with E-state index in [0.29, 0.717) is 24.6 Å². The van der Waals surface area contributed by atoms with Crippen molar-refractivity contribution in [2.45, 2.75) is 108 Å². The summed E-state index contributed by atoms with van der Waals surface area (Å²) < 4.78 is 0. The summed E-state index contributed by atoms with van der Waals surface area (Å²) >= 11 is 0.500. The first kappa shape index (κ1) is 24.6. The minimum atomic E-state index is 0.500. The molecule has 1 aliphatic rings. The number of hydrogen-bond donors (Lipinski definition) is 0. The van der Waals surface area contributed by atoms with Gasteiger partial charge in [0.1, 0.15) is 0 Å². The summed E-state index contributed by atoms with van der Waals surface area (Å²) in [7, 11) is 2.35. The van der Waals surface area contributed by atoms with Crippen LogP contribution in [0.5, 0.6) is 0 Å². The second-order valence-electron chi connectivity index (χ2n) is 8.72. The molecule has 0 saturated heterocycles. The molecule has 0 radical (unpaired) electrons. The third kappa shape index (κ3) is 8.67. The van der Waals surface area contributed by atoms with Gasteiger partial charge in [0, 0.05) is 0 Å². The Bertz CT molecular complexity index is 272. The van der Waals surface area contributed by atoms with E-state index in [4.69, 9.17) is 0 Å². The molecule has 0 amide bonds. The predicted molar refractivity (Wildman–Crippen MR) is 112 cm³/mol. The van der Waals surface area contributed by atoms with Crippen molar-refractivity contribution in [3.05, 3.63) is 0 Å². The van der Waals surface area contributed by atoms with Crippen LogP contribution in [0.15, 0.2) is 0 Å². The molecule has 4 unspecified atom stereocenters. The molecule has 0 aromatic carbocycles. The Kier molecular flexibility index (Phi) is 12.9. The van der Waals surface area contributed by atoms with Crippen LogP contribution in [0.4, 0.5) is 0 Å². The van der Waals surface area contributed by atoms with Crippen LogP contribution < -0.4 is 0 Å². The van der Waals surface area contributed by atoms with Crippen LogP contribution in [0, 0.1) is 17.3 Å². The molecule has 0 heterocycles. The quantitative estimate of drug-likeness (QED) is 0.322. The van der Waals surface area contributed by atoms with Gasteiger partial charge in [-0.2, -0.15) is 0 Å². The molecule has 0 nitrogen and oxygen atoms in total. The molecule has 1 aliphatic carbocycles. The summed E-state index contributed by atoms with van der Waals surface area (Å²) in [6.07, 6.45) is 4.52. The van der Waals surface area contributed by atoms with Crippen LogP contribution in [-0.4, -0.2) is 22.6 Å². The van der Waals surface area contributed by atoms with E-state index in [-0.39, 0.29) is 0 Å². The molecule has 0 N–H and O–H groups in total. The zero-order valence-corrected chi connectivity index (χ0v) is 21.1. The van der Waals surface area contributed by atoms with Gasteiger partial charge in [0.2, 0.25) is 0 Å². The molecule has 0 aromatic rings. The van der Waals surface area contributed by atoms with Crippen molar-refractivity contribution in [3.63, 3.8) is 0 Å². The van der Waals surface area contributed by atoms with Gasteiger partial charge in [-0.25, -0.2) is 0 Å². The second-order valence-corrected chi connectivity index (χ2v) is 14.9. The Balaban J connectivity index is 0.00000149. The zero-order valence-electron chi connectivity index (χ0n) is 17.6. The Hall–Kier alpha value is 1.57. The van der Waals surface area contributed by atoms with Crippen molar-refractivity contribution in [1.29, 1.82) is 0 Å². The van der Waals surface area contributed by atoms with Crippen molar-refractivity contribution >= 4 is 17.2 Å². The molecule has 1 fully saturated rings. The van der Waals surface area contributed by atoms with Crippen molar-refractivity contribution in [3.8, 4) is 0 Å². The fraction of sp³-hybridized carbons (Fsp3) is 1.00. The van der Waals surface area contributed by atoms with Gasteiger partial charge in [0.05, 0.1) is 0 Å². The van der Waals surface area contributed by atoms with E-state index in [9.17, 15) is 0 Å². The van der Waals surface area contributed by atoms with Crippen LogP contribution in [0.1, 0.15) is 74.7 Å². The van der Waals surface area contributed by atoms with Gasteiger partial charge in [0.25, 0.3) is 0 Å². The van der Waals surface area contributed by atoms with Gasteiger partial charge < -0.3 is 0 Å². The fourth-order valence-electron chi connectivity index (χ4n) is 4.32. The molecule has 1 rings (SSSR count). The summed E-state index contributed by atoms with van der Waals surface area (Å²) in [6.45, 7) is 19.6. The maximum atomic E-state index is 2.48. The first-order valence-corrected chi connectivity index (χ1v) is 15.1. The van der Waals surface area contributed by atoms with Gasteiger partial charge in [-0.15, -0.1) is 17.2 Å². The Morgan fingerprint density at radius 3 is 1.26 bits per heavy atom. The van der Waals surface area contributed by atoms with E-state index in [1.165, 1.54) is 36.4 Å². The molecule has 138 valence electrons. The monoisotopic (exact) mass is 394 g/mol. The van der Waals surface area contributed by atoms with E-state index < -0.39 is 0 Å². The predicted octanol–water partition coefficient (Wildman–Crippen LogP) is 7.54. The van der Waals surface area contributed by atoms with Crippen LogP contribution in [-0.2, 0) is 19.2 Å². The Morgan fingerprint density at radius 1 is 0.739 bits per heavy atom. The second kappa shape index (κ2) is 12.1. The molecule has 0 bridgehead atoms. The van der Waals surface area contributed by atoms with E-state index >= 15 is 0 Å². The van der Waals surface area contributed by atoms with Gasteiger partial charge in [-0.1, -0.05) is 55.4 Å². The van der Waals surface area contributed by atoms with Gasteiger partial charge in [-0.05, 0) is 59.1 Å². The average Bonchev–Trinajstić information content (AvgIpc) is 2.36. The van der Waals surface area contributed by atoms with Crippen LogP contribution in [0.25, 0.3) is 0 Å². The molecular weight excluding hydrogens is 350 g/mol. The van der Waals surface area contributed by atoms with Crippen molar-refractivity contribution in [1.82, 2.24) is 0 Å². The van der Waals surface area contributed by atoms with Gasteiger partial charge in [-0.3, -0.25) is 0 Å².